The zero-order chi connectivity index (χ0) is 23.5. The molecule has 0 atom stereocenters. The number of carboxylic acid groups (broad SMARTS) is 1. The average Bonchev–Trinajstić information content (AvgIpc) is 3.13. The summed E-state index contributed by atoms with van der Waals surface area (Å²) in [6, 6.07) is 16.3. The molecule has 0 aromatic heterocycles. The highest BCUT2D eigenvalue weighted by molar-refractivity contribution is 5.79. The van der Waals surface area contributed by atoms with Gasteiger partial charge in [0.15, 0.2) is 0 Å². The van der Waals surface area contributed by atoms with Gasteiger partial charge in [-0.25, -0.2) is 4.79 Å². The molecule has 2 amide bonds. The van der Waals surface area contributed by atoms with Crippen molar-refractivity contribution in [3.05, 3.63) is 59.7 Å². The third kappa shape index (κ3) is 7.34. The van der Waals surface area contributed by atoms with Gasteiger partial charge in [0.05, 0.1) is 0 Å². The van der Waals surface area contributed by atoms with Crippen molar-refractivity contribution in [1.82, 2.24) is 10.6 Å². The standard InChI is InChI=1S/C26H32N2O5/c29-24(27-16-9-3-1-2-4-14-25(30)31)15-17-28-26(32)33-18-23-21-12-7-5-10-19(21)20-11-6-8-13-22(20)23/h5-8,10-13,23H,1-4,9,14-18H2,(H,27,29)(H,28,32)(H,30,31). The number of ether oxygens (including phenoxy) is 1. The van der Waals surface area contributed by atoms with Crippen LogP contribution in [0.4, 0.5) is 4.79 Å². The number of carbonyl (C=O) groups excluding carboxylic acids is 2. The van der Waals surface area contributed by atoms with Gasteiger partial charge in [0.2, 0.25) is 5.91 Å². The van der Waals surface area contributed by atoms with Crippen molar-refractivity contribution in [2.45, 2.75) is 50.9 Å². The fourth-order valence-electron chi connectivity index (χ4n) is 4.18. The van der Waals surface area contributed by atoms with E-state index >= 15 is 0 Å². The summed E-state index contributed by atoms with van der Waals surface area (Å²) < 4.78 is 5.46. The van der Waals surface area contributed by atoms with Crippen molar-refractivity contribution < 1.29 is 24.2 Å². The van der Waals surface area contributed by atoms with Gasteiger partial charge in [-0.15, -0.1) is 0 Å². The van der Waals surface area contributed by atoms with E-state index in [1.807, 2.05) is 24.3 Å². The lowest BCUT2D eigenvalue weighted by molar-refractivity contribution is -0.137. The molecule has 0 unspecified atom stereocenters. The van der Waals surface area contributed by atoms with E-state index in [0.717, 1.165) is 36.8 Å². The molecule has 0 heterocycles. The third-order valence-electron chi connectivity index (χ3n) is 5.85. The van der Waals surface area contributed by atoms with Crippen LogP contribution in [0.3, 0.4) is 0 Å². The lowest BCUT2D eigenvalue weighted by atomic mass is 9.98. The second-order valence-corrected chi connectivity index (χ2v) is 8.26. The molecule has 1 aliphatic rings. The van der Waals surface area contributed by atoms with Gasteiger partial charge in [0.1, 0.15) is 6.61 Å². The predicted octanol–water partition coefficient (Wildman–Crippen LogP) is 4.46. The minimum absolute atomic E-state index is 0.00979. The Balaban J connectivity index is 1.29. The molecule has 0 fully saturated rings. The average molecular weight is 453 g/mol. The molecular weight excluding hydrogens is 420 g/mol. The van der Waals surface area contributed by atoms with Crippen molar-refractivity contribution in [3.63, 3.8) is 0 Å². The van der Waals surface area contributed by atoms with Crippen LogP contribution in [0.5, 0.6) is 0 Å². The highest BCUT2D eigenvalue weighted by Crippen LogP contribution is 2.44. The Hall–Kier alpha value is -3.35. The van der Waals surface area contributed by atoms with Gasteiger partial charge in [-0.1, -0.05) is 67.8 Å². The van der Waals surface area contributed by atoms with Gasteiger partial charge in [0, 0.05) is 31.8 Å². The molecule has 0 bridgehead atoms. The van der Waals surface area contributed by atoms with Gasteiger partial charge in [-0.3, -0.25) is 9.59 Å². The molecule has 0 radical (unpaired) electrons. The molecule has 1 aliphatic carbocycles. The molecule has 7 heteroatoms. The fraction of sp³-hybridized carbons (Fsp3) is 0.423. The first kappa shape index (κ1) is 24.3. The lowest BCUT2D eigenvalue weighted by Gasteiger charge is -2.14. The highest BCUT2D eigenvalue weighted by Gasteiger charge is 2.28. The Morgan fingerprint density at radius 2 is 1.36 bits per heavy atom. The molecule has 33 heavy (non-hydrogen) atoms. The maximum atomic E-state index is 12.1. The van der Waals surface area contributed by atoms with Crippen LogP contribution in [0, 0.1) is 0 Å². The lowest BCUT2D eigenvalue weighted by Crippen LogP contribution is -2.32. The number of alkyl carbamates (subject to hydrolysis) is 1. The summed E-state index contributed by atoms with van der Waals surface area (Å²) in [5.74, 6) is -0.857. The van der Waals surface area contributed by atoms with E-state index in [9.17, 15) is 14.4 Å². The van der Waals surface area contributed by atoms with Gasteiger partial charge in [-0.05, 0) is 35.1 Å². The van der Waals surface area contributed by atoms with Crippen LogP contribution < -0.4 is 10.6 Å². The maximum Gasteiger partial charge on any atom is 0.407 e. The first-order valence-corrected chi connectivity index (χ1v) is 11.6. The number of carboxylic acids is 1. The summed E-state index contributed by atoms with van der Waals surface area (Å²) in [7, 11) is 0. The second-order valence-electron chi connectivity index (χ2n) is 8.26. The number of hydrogen-bond donors (Lipinski definition) is 3. The van der Waals surface area contributed by atoms with Crippen LogP contribution in [-0.2, 0) is 14.3 Å². The number of fused-ring (bicyclic) bond motifs is 3. The Morgan fingerprint density at radius 1 is 0.758 bits per heavy atom. The number of unbranched alkanes of at least 4 members (excludes halogenated alkanes) is 4. The van der Waals surface area contributed by atoms with E-state index in [2.05, 4.69) is 34.9 Å². The summed E-state index contributed by atoms with van der Waals surface area (Å²) in [5.41, 5.74) is 4.68. The first-order chi connectivity index (χ1) is 16.1. The molecule has 0 saturated heterocycles. The van der Waals surface area contributed by atoms with Crippen LogP contribution in [0.15, 0.2) is 48.5 Å². The summed E-state index contributed by atoms with van der Waals surface area (Å²) >= 11 is 0. The summed E-state index contributed by atoms with van der Waals surface area (Å²) in [4.78, 5) is 34.5. The molecule has 3 N–H and O–H groups in total. The zero-order valence-corrected chi connectivity index (χ0v) is 18.8. The number of aliphatic carboxylic acids is 1. The SMILES string of the molecule is O=C(O)CCCCCCCNC(=O)CCNC(=O)OCC1c2ccccc2-c2ccccc21. The van der Waals surface area contributed by atoms with Crippen LogP contribution in [0.25, 0.3) is 11.1 Å². The predicted molar refractivity (Wildman–Crippen MR) is 126 cm³/mol. The summed E-state index contributed by atoms with van der Waals surface area (Å²) in [6.07, 6.45) is 4.26. The molecule has 0 aliphatic heterocycles. The van der Waals surface area contributed by atoms with Crippen molar-refractivity contribution in [3.8, 4) is 11.1 Å². The normalized spacial score (nSPS) is 12.0. The Bertz CT molecular complexity index is 914. The third-order valence-corrected chi connectivity index (χ3v) is 5.85. The smallest absolute Gasteiger partial charge is 0.407 e. The molecule has 176 valence electrons. The molecule has 3 rings (SSSR count). The molecule has 0 saturated carbocycles. The molecular formula is C26H32N2O5. The minimum atomic E-state index is -0.756. The number of hydrogen-bond acceptors (Lipinski definition) is 4. The van der Waals surface area contributed by atoms with Crippen LogP contribution in [0.1, 0.15) is 62.0 Å². The molecule has 0 spiro atoms. The number of carbonyl (C=O) groups is 3. The number of benzene rings is 2. The Morgan fingerprint density at radius 3 is 2.03 bits per heavy atom. The fourth-order valence-corrected chi connectivity index (χ4v) is 4.18. The van der Waals surface area contributed by atoms with Gasteiger partial charge < -0.3 is 20.5 Å². The number of amides is 2. The van der Waals surface area contributed by atoms with Crippen molar-refractivity contribution in [1.29, 1.82) is 0 Å². The van der Waals surface area contributed by atoms with Gasteiger partial charge >= 0.3 is 12.1 Å². The van der Waals surface area contributed by atoms with Gasteiger partial charge in [-0.2, -0.15) is 0 Å². The van der Waals surface area contributed by atoms with Crippen LogP contribution in [-0.4, -0.2) is 42.8 Å². The van der Waals surface area contributed by atoms with Crippen molar-refractivity contribution in [2.24, 2.45) is 0 Å². The highest BCUT2D eigenvalue weighted by atomic mass is 16.5. The van der Waals surface area contributed by atoms with E-state index in [4.69, 9.17) is 9.84 Å². The molecule has 7 nitrogen and oxygen atoms in total. The van der Waals surface area contributed by atoms with E-state index in [1.54, 1.807) is 0 Å². The zero-order valence-electron chi connectivity index (χ0n) is 18.8. The number of nitrogens with one attached hydrogen (secondary N) is 2. The van der Waals surface area contributed by atoms with E-state index in [0.29, 0.717) is 13.0 Å². The van der Waals surface area contributed by atoms with Crippen LogP contribution in [0.2, 0.25) is 0 Å². The first-order valence-electron chi connectivity index (χ1n) is 11.6. The Labute approximate surface area is 194 Å². The van der Waals surface area contributed by atoms with Gasteiger partial charge in [0.25, 0.3) is 0 Å². The van der Waals surface area contributed by atoms with Crippen LogP contribution >= 0.6 is 0 Å². The molecule has 2 aromatic rings. The van der Waals surface area contributed by atoms with E-state index in [-0.39, 0.29) is 37.8 Å². The topological polar surface area (TPSA) is 105 Å². The minimum Gasteiger partial charge on any atom is -0.481 e. The van der Waals surface area contributed by atoms with Crippen molar-refractivity contribution in [2.75, 3.05) is 19.7 Å². The number of rotatable bonds is 13. The molecule has 2 aromatic carbocycles. The van der Waals surface area contributed by atoms with E-state index < -0.39 is 12.1 Å². The summed E-state index contributed by atoms with van der Waals surface area (Å²) in [6.45, 7) is 1.05. The van der Waals surface area contributed by atoms with E-state index in [1.165, 1.54) is 11.1 Å². The monoisotopic (exact) mass is 452 g/mol. The largest absolute Gasteiger partial charge is 0.481 e. The second kappa shape index (κ2) is 12.6. The summed E-state index contributed by atoms with van der Waals surface area (Å²) in [5, 5.41) is 14.1. The Kier molecular flexibility index (Phi) is 9.30. The van der Waals surface area contributed by atoms with Crippen molar-refractivity contribution >= 4 is 18.0 Å². The maximum absolute atomic E-state index is 12.1. The quantitative estimate of drug-likeness (QED) is 0.389.